The molecule has 0 bridgehead atoms. The van der Waals surface area contributed by atoms with Crippen LogP contribution in [0.4, 0.5) is 4.39 Å². The average Bonchev–Trinajstić information content (AvgIpc) is 2.36. The standard InChI is InChI=1S/C13H18FNO2/c1-15(17-10-6-5-9-14)11-13(16)12-7-3-2-4-8-12/h2-4,7-8H,5-6,9-11H2,1H3. The quantitative estimate of drug-likeness (QED) is 0.396. The Bertz CT molecular complexity index is 329. The Kier molecular flexibility index (Phi) is 6.43. The number of carbonyl (C=O) groups excluding carboxylic acids is 1. The van der Waals surface area contributed by atoms with Gasteiger partial charge in [0, 0.05) is 12.6 Å². The third-order valence-corrected chi connectivity index (χ3v) is 2.30. The van der Waals surface area contributed by atoms with Crippen molar-refractivity contribution in [2.45, 2.75) is 12.8 Å². The van der Waals surface area contributed by atoms with Crippen molar-refractivity contribution in [1.29, 1.82) is 0 Å². The van der Waals surface area contributed by atoms with Crippen LogP contribution in [0.25, 0.3) is 0 Å². The molecule has 0 radical (unpaired) electrons. The number of carbonyl (C=O) groups is 1. The Balaban J connectivity index is 2.26. The lowest BCUT2D eigenvalue weighted by Crippen LogP contribution is -2.26. The van der Waals surface area contributed by atoms with E-state index in [1.807, 2.05) is 18.2 Å². The Hall–Kier alpha value is -1.26. The van der Waals surface area contributed by atoms with Crippen molar-refractivity contribution in [2.24, 2.45) is 0 Å². The first-order valence-corrected chi connectivity index (χ1v) is 5.72. The van der Waals surface area contributed by atoms with Crippen LogP contribution < -0.4 is 0 Å². The molecule has 0 fully saturated rings. The minimum absolute atomic E-state index is 0.0126. The maximum absolute atomic E-state index is 11.8. The first kappa shape index (κ1) is 13.8. The summed E-state index contributed by atoms with van der Waals surface area (Å²) in [4.78, 5) is 17.0. The normalized spacial score (nSPS) is 10.8. The van der Waals surface area contributed by atoms with Crippen molar-refractivity contribution in [3.63, 3.8) is 0 Å². The third kappa shape index (κ3) is 5.56. The zero-order valence-corrected chi connectivity index (χ0v) is 10.1. The van der Waals surface area contributed by atoms with Gasteiger partial charge in [-0.2, -0.15) is 5.06 Å². The molecule has 94 valence electrons. The molecule has 0 aliphatic rings. The molecule has 1 rings (SSSR count). The molecule has 0 N–H and O–H groups in total. The highest BCUT2D eigenvalue weighted by Crippen LogP contribution is 2.02. The lowest BCUT2D eigenvalue weighted by molar-refractivity contribution is -0.132. The van der Waals surface area contributed by atoms with Crippen molar-refractivity contribution < 1.29 is 14.0 Å². The Morgan fingerprint density at radius 2 is 2.00 bits per heavy atom. The molecular formula is C13H18FNO2. The summed E-state index contributed by atoms with van der Waals surface area (Å²) in [5.41, 5.74) is 0.673. The number of nitrogens with zero attached hydrogens (tertiary/aromatic N) is 1. The number of unbranched alkanes of at least 4 members (excludes halogenated alkanes) is 1. The van der Waals surface area contributed by atoms with Crippen molar-refractivity contribution in [1.82, 2.24) is 5.06 Å². The molecule has 0 spiro atoms. The average molecular weight is 239 g/mol. The van der Waals surface area contributed by atoms with E-state index in [9.17, 15) is 9.18 Å². The van der Waals surface area contributed by atoms with Crippen molar-refractivity contribution in [3.8, 4) is 0 Å². The minimum Gasteiger partial charge on any atom is -0.299 e. The van der Waals surface area contributed by atoms with Gasteiger partial charge in [0.15, 0.2) is 5.78 Å². The number of halogens is 1. The number of benzene rings is 1. The largest absolute Gasteiger partial charge is 0.299 e. The van der Waals surface area contributed by atoms with Gasteiger partial charge < -0.3 is 0 Å². The highest BCUT2D eigenvalue weighted by atomic mass is 19.1. The molecule has 0 saturated heterocycles. The van der Waals surface area contributed by atoms with Gasteiger partial charge in [-0.05, 0) is 12.8 Å². The molecular weight excluding hydrogens is 221 g/mol. The first-order valence-electron chi connectivity index (χ1n) is 5.72. The van der Waals surface area contributed by atoms with Crippen LogP contribution >= 0.6 is 0 Å². The molecule has 0 aromatic heterocycles. The summed E-state index contributed by atoms with van der Waals surface area (Å²) in [6, 6.07) is 9.08. The number of hydroxylamine groups is 2. The van der Waals surface area contributed by atoms with Gasteiger partial charge in [0.05, 0.1) is 19.8 Å². The molecule has 4 heteroatoms. The van der Waals surface area contributed by atoms with E-state index in [0.29, 0.717) is 25.0 Å². The van der Waals surface area contributed by atoms with E-state index in [-0.39, 0.29) is 19.0 Å². The molecule has 1 aromatic carbocycles. The van der Waals surface area contributed by atoms with E-state index >= 15 is 0 Å². The third-order valence-electron chi connectivity index (χ3n) is 2.30. The number of rotatable bonds is 8. The summed E-state index contributed by atoms with van der Waals surface area (Å²) in [7, 11) is 1.70. The van der Waals surface area contributed by atoms with Gasteiger partial charge in [0.25, 0.3) is 0 Å². The lowest BCUT2D eigenvalue weighted by Gasteiger charge is -2.15. The van der Waals surface area contributed by atoms with Crippen LogP contribution in [0, 0.1) is 0 Å². The van der Waals surface area contributed by atoms with Crippen LogP contribution in [0.1, 0.15) is 23.2 Å². The molecule has 0 amide bonds. The zero-order valence-electron chi connectivity index (χ0n) is 10.1. The van der Waals surface area contributed by atoms with E-state index in [1.165, 1.54) is 5.06 Å². The fourth-order valence-electron chi connectivity index (χ4n) is 1.38. The predicted octanol–water partition coefficient (Wildman–Crippen LogP) is 2.48. The fraction of sp³-hybridized carbons (Fsp3) is 0.462. The van der Waals surface area contributed by atoms with Crippen molar-refractivity contribution in [2.75, 3.05) is 26.9 Å². The van der Waals surface area contributed by atoms with E-state index in [0.717, 1.165) is 0 Å². The molecule has 0 aliphatic heterocycles. The SMILES string of the molecule is CN(CC(=O)c1ccccc1)OCCCCF. The minimum atomic E-state index is -0.323. The topological polar surface area (TPSA) is 29.5 Å². The molecule has 0 unspecified atom stereocenters. The Labute approximate surface area is 101 Å². The molecule has 0 aliphatic carbocycles. The zero-order chi connectivity index (χ0) is 12.5. The van der Waals surface area contributed by atoms with Crippen molar-refractivity contribution in [3.05, 3.63) is 35.9 Å². The summed E-state index contributed by atoms with van der Waals surface area (Å²) < 4.78 is 11.8. The van der Waals surface area contributed by atoms with Gasteiger partial charge in [-0.15, -0.1) is 0 Å². The van der Waals surface area contributed by atoms with Gasteiger partial charge in [0.2, 0.25) is 0 Å². The molecule has 0 heterocycles. The highest BCUT2D eigenvalue weighted by molar-refractivity contribution is 5.97. The van der Waals surface area contributed by atoms with E-state index < -0.39 is 0 Å². The van der Waals surface area contributed by atoms with Gasteiger partial charge >= 0.3 is 0 Å². The second-order valence-corrected chi connectivity index (χ2v) is 3.80. The first-order chi connectivity index (χ1) is 8.24. The summed E-state index contributed by atoms with van der Waals surface area (Å²) in [6.45, 7) is 0.331. The van der Waals surface area contributed by atoms with E-state index in [1.54, 1.807) is 19.2 Å². The lowest BCUT2D eigenvalue weighted by atomic mass is 10.1. The number of hydrogen-bond donors (Lipinski definition) is 0. The van der Waals surface area contributed by atoms with Crippen LogP contribution in [0.3, 0.4) is 0 Å². The van der Waals surface area contributed by atoms with E-state index in [4.69, 9.17) is 4.84 Å². The summed E-state index contributed by atoms with van der Waals surface area (Å²) >= 11 is 0. The smallest absolute Gasteiger partial charge is 0.179 e. The van der Waals surface area contributed by atoms with Crippen LogP contribution in [0.15, 0.2) is 30.3 Å². The molecule has 0 saturated carbocycles. The van der Waals surface area contributed by atoms with Crippen LogP contribution in [0.2, 0.25) is 0 Å². The number of hydrogen-bond acceptors (Lipinski definition) is 3. The van der Waals surface area contributed by atoms with Crippen LogP contribution in [-0.4, -0.2) is 37.7 Å². The van der Waals surface area contributed by atoms with Crippen molar-refractivity contribution >= 4 is 5.78 Å². The summed E-state index contributed by atoms with van der Waals surface area (Å²) in [5, 5.41) is 1.49. The molecule has 0 atom stereocenters. The highest BCUT2D eigenvalue weighted by Gasteiger charge is 2.08. The maximum atomic E-state index is 11.8. The second kappa shape index (κ2) is 7.92. The summed E-state index contributed by atoms with van der Waals surface area (Å²) in [6.07, 6.45) is 1.17. The monoisotopic (exact) mass is 239 g/mol. The Morgan fingerprint density at radius 3 is 2.65 bits per heavy atom. The van der Waals surface area contributed by atoms with Crippen LogP contribution in [-0.2, 0) is 4.84 Å². The molecule has 17 heavy (non-hydrogen) atoms. The second-order valence-electron chi connectivity index (χ2n) is 3.80. The number of likely N-dealkylation sites (N-methyl/N-ethyl adjacent to an activating group) is 1. The summed E-state index contributed by atoms with van der Waals surface area (Å²) in [5.74, 6) is 0.0126. The maximum Gasteiger partial charge on any atom is 0.179 e. The number of Topliss-reactive ketones (excluding diaryl/α,β-unsaturated/α-hetero) is 1. The van der Waals surface area contributed by atoms with Gasteiger partial charge in [0.1, 0.15) is 0 Å². The Morgan fingerprint density at radius 1 is 1.29 bits per heavy atom. The number of alkyl halides is 1. The van der Waals surface area contributed by atoms with Gasteiger partial charge in [-0.3, -0.25) is 14.0 Å². The predicted molar refractivity (Wildman–Crippen MR) is 64.6 cm³/mol. The van der Waals surface area contributed by atoms with Gasteiger partial charge in [-0.25, -0.2) is 0 Å². The molecule has 1 aromatic rings. The van der Waals surface area contributed by atoms with Crippen LogP contribution in [0.5, 0.6) is 0 Å². The number of ketones is 1. The molecule has 3 nitrogen and oxygen atoms in total. The van der Waals surface area contributed by atoms with E-state index in [2.05, 4.69) is 0 Å². The fourth-order valence-corrected chi connectivity index (χ4v) is 1.38. The van der Waals surface area contributed by atoms with Gasteiger partial charge in [-0.1, -0.05) is 30.3 Å².